The fraction of sp³-hybridized carbons (Fsp3) is 0.125. The Morgan fingerprint density at radius 1 is 1.12 bits per heavy atom. The Hall–Kier alpha value is -3.49. The van der Waals surface area contributed by atoms with E-state index in [9.17, 15) is 9.18 Å². The Bertz CT molecular complexity index is 1060. The van der Waals surface area contributed by atoms with E-state index < -0.39 is 0 Å². The van der Waals surface area contributed by atoms with E-state index in [2.05, 4.69) is 25.6 Å². The van der Waals surface area contributed by atoms with Crippen LogP contribution in [-0.4, -0.2) is 29.4 Å². The van der Waals surface area contributed by atoms with Gasteiger partial charge in [-0.15, -0.1) is 10.2 Å². The molecule has 0 unspecified atom stereocenters. The van der Waals surface area contributed by atoms with Gasteiger partial charge in [0.2, 0.25) is 5.65 Å². The number of fused-ring (bicyclic) bond motifs is 1. The Kier molecular flexibility index (Phi) is 3.73. The van der Waals surface area contributed by atoms with E-state index in [4.69, 9.17) is 0 Å². The number of nitrogens with zero attached hydrogens (tertiary/aromatic N) is 5. The molecule has 4 aromatic rings. The highest BCUT2D eigenvalue weighted by Gasteiger charge is 2.08. The largest absolute Gasteiger partial charge is 0.361 e. The Morgan fingerprint density at radius 2 is 1.96 bits per heavy atom. The number of aromatic nitrogens is 6. The van der Waals surface area contributed by atoms with E-state index in [1.807, 2.05) is 12.3 Å². The molecule has 8 nitrogen and oxygen atoms in total. The molecule has 0 radical (unpaired) electrons. The molecule has 0 aliphatic rings. The number of hydrogen-bond acceptors (Lipinski definition) is 5. The Morgan fingerprint density at radius 3 is 2.80 bits per heavy atom. The van der Waals surface area contributed by atoms with Crippen molar-refractivity contribution in [1.82, 2.24) is 29.4 Å². The van der Waals surface area contributed by atoms with Crippen LogP contribution in [0, 0.1) is 5.82 Å². The monoisotopic (exact) mass is 339 g/mol. The fourth-order valence-electron chi connectivity index (χ4n) is 2.50. The van der Waals surface area contributed by atoms with Gasteiger partial charge in [-0.1, -0.05) is 12.1 Å². The van der Waals surface area contributed by atoms with Crippen molar-refractivity contribution in [2.45, 2.75) is 13.1 Å². The number of nitrogens with one attached hydrogen (secondary N) is 2. The van der Waals surface area contributed by atoms with Gasteiger partial charge in [-0.2, -0.15) is 5.10 Å². The number of H-pyrrole nitrogens is 1. The van der Waals surface area contributed by atoms with Crippen molar-refractivity contribution in [3.8, 4) is 0 Å². The number of hydrogen-bond donors (Lipinski definition) is 2. The first-order valence-electron chi connectivity index (χ1n) is 7.62. The highest BCUT2D eigenvalue weighted by atomic mass is 19.1. The van der Waals surface area contributed by atoms with Gasteiger partial charge >= 0.3 is 0 Å². The average Bonchev–Trinajstić information content (AvgIpc) is 3.23. The van der Waals surface area contributed by atoms with Crippen LogP contribution in [0.2, 0.25) is 0 Å². The van der Waals surface area contributed by atoms with Crippen LogP contribution < -0.4 is 10.9 Å². The number of aromatic amines is 1. The zero-order valence-corrected chi connectivity index (χ0v) is 13.1. The second-order valence-corrected chi connectivity index (χ2v) is 5.48. The maximum Gasteiger partial charge on any atom is 0.293 e. The molecule has 0 saturated heterocycles. The predicted molar refractivity (Wildman–Crippen MR) is 88.7 cm³/mol. The SMILES string of the molecule is O=c1[nH]ccn2c(CNc3ccn(Cc4ccc(F)cc4)n3)nnc12. The molecule has 3 aromatic heterocycles. The first-order valence-corrected chi connectivity index (χ1v) is 7.62. The highest BCUT2D eigenvalue weighted by molar-refractivity contribution is 5.36. The van der Waals surface area contributed by atoms with Crippen molar-refractivity contribution in [2.75, 3.05) is 5.32 Å². The molecule has 9 heteroatoms. The quantitative estimate of drug-likeness (QED) is 0.573. The van der Waals surface area contributed by atoms with Crippen LogP contribution in [0.4, 0.5) is 10.2 Å². The van der Waals surface area contributed by atoms with Crippen molar-refractivity contribution in [1.29, 1.82) is 0 Å². The van der Waals surface area contributed by atoms with Crippen LogP contribution in [0.5, 0.6) is 0 Å². The van der Waals surface area contributed by atoms with Gasteiger partial charge < -0.3 is 10.3 Å². The summed E-state index contributed by atoms with van der Waals surface area (Å²) in [6, 6.07) is 8.14. The standard InChI is InChI=1S/C16H14FN7O/c17-12-3-1-11(2-4-12)10-23-7-5-13(22-23)19-9-14-20-21-15-16(25)18-6-8-24(14)15/h1-8H,9-10H2,(H,18,25)(H,19,22). The molecule has 2 N–H and O–H groups in total. The topological polar surface area (TPSA) is 92.9 Å². The van der Waals surface area contributed by atoms with Crippen molar-refractivity contribution in [3.05, 3.63) is 76.5 Å². The van der Waals surface area contributed by atoms with Crippen LogP contribution in [0.15, 0.2) is 53.7 Å². The minimum atomic E-state index is -0.287. The smallest absolute Gasteiger partial charge is 0.293 e. The summed E-state index contributed by atoms with van der Waals surface area (Å²) in [5, 5.41) is 15.4. The molecular formula is C16H14FN7O. The Labute approximate surface area is 141 Å². The molecule has 0 saturated carbocycles. The van der Waals surface area contributed by atoms with Crippen molar-refractivity contribution in [2.24, 2.45) is 0 Å². The summed E-state index contributed by atoms with van der Waals surface area (Å²) in [4.78, 5) is 14.2. The predicted octanol–water partition coefficient (Wildman–Crippen LogP) is 1.41. The number of anilines is 1. The lowest BCUT2D eigenvalue weighted by Crippen LogP contribution is -2.11. The maximum absolute atomic E-state index is 12.9. The molecule has 0 amide bonds. The second kappa shape index (κ2) is 6.19. The van der Waals surface area contributed by atoms with E-state index in [1.54, 1.807) is 33.6 Å². The van der Waals surface area contributed by atoms with Gasteiger partial charge in [0, 0.05) is 24.7 Å². The lowest BCUT2D eigenvalue weighted by atomic mass is 10.2. The summed E-state index contributed by atoms with van der Waals surface area (Å²) in [6.45, 7) is 0.920. The van der Waals surface area contributed by atoms with Gasteiger partial charge in [-0.25, -0.2) is 4.39 Å². The average molecular weight is 339 g/mol. The van der Waals surface area contributed by atoms with Gasteiger partial charge in [-0.3, -0.25) is 13.9 Å². The van der Waals surface area contributed by atoms with Gasteiger partial charge in [0.15, 0.2) is 5.82 Å². The molecule has 3 heterocycles. The van der Waals surface area contributed by atoms with E-state index in [1.165, 1.54) is 12.1 Å². The molecular weight excluding hydrogens is 325 g/mol. The van der Waals surface area contributed by atoms with Crippen LogP contribution in [-0.2, 0) is 13.1 Å². The minimum absolute atomic E-state index is 0.251. The second-order valence-electron chi connectivity index (χ2n) is 5.48. The van der Waals surface area contributed by atoms with Crippen molar-refractivity contribution in [3.63, 3.8) is 0 Å². The number of rotatable bonds is 5. The molecule has 0 atom stereocenters. The first kappa shape index (κ1) is 15.1. The number of benzene rings is 1. The third-order valence-electron chi connectivity index (χ3n) is 3.73. The number of halogens is 1. The summed E-state index contributed by atoms with van der Waals surface area (Å²) in [5.41, 5.74) is 0.921. The van der Waals surface area contributed by atoms with E-state index in [0.717, 1.165) is 5.56 Å². The molecule has 4 rings (SSSR count). The van der Waals surface area contributed by atoms with E-state index in [0.29, 0.717) is 24.7 Å². The Balaban J connectivity index is 1.45. The van der Waals surface area contributed by atoms with Crippen LogP contribution in [0.25, 0.3) is 5.65 Å². The molecule has 126 valence electrons. The summed E-state index contributed by atoms with van der Waals surface area (Å²) >= 11 is 0. The van der Waals surface area contributed by atoms with Crippen molar-refractivity contribution >= 4 is 11.5 Å². The van der Waals surface area contributed by atoms with Gasteiger partial charge in [0.1, 0.15) is 11.6 Å². The van der Waals surface area contributed by atoms with Gasteiger partial charge in [0.05, 0.1) is 13.1 Å². The zero-order chi connectivity index (χ0) is 17.2. The highest BCUT2D eigenvalue weighted by Crippen LogP contribution is 2.09. The van der Waals surface area contributed by atoms with Gasteiger partial charge in [-0.05, 0) is 17.7 Å². The molecule has 0 bridgehead atoms. The summed E-state index contributed by atoms with van der Waals surface area (Å²) in [6.07, 6.45) is 5.07. The van der Waals surface area contributed by atoms with E-state index >= 15 is 0 Å². The van der Waals surface area contributed by atoms with Crippen LogP contribution in [0.1, 0.15) is 11.4 Å². The minimum Gasteiger partial charge on any atom is -0.361 e. The summed E-state index contributed by atoms with van der Waals surface area (Å²) < 4.78 is 16.3. The third-order valence-corrected chi connectivity index (χ3v) is 3.73. The fourth-order valence-corrected chi connectivity index (χ4v) is 2.50. The normalized spacial score (nSPS) is 11.1. The lowest BCUT2D eigenvalue weighted by Gasteiger charge is -2.03. The zero-order valence-electron chi connectivity index (χ0n) is 13.1. The van der Waals surface area contributed by atoms with Crippen molar-refractivity contribution < 1.29 is 4.39 Å². The molecule has 1 aromatic carbocycles. The maximum atomic E-state index is 12.9. The first-order chi connectivity index (χ1) is 12.2. The molecule has 0 aliphatic heterocycles. The molecule has 0 fully saturated rings. The molecule has 0 aliphatic carbocycles. The summed E-state index contributed by atoms with van der Waals surface area (Å²) in [7, 11) is 0. The lowest BCUT2D eigenvalue weighted by molar-refractivity contribution is 0.624. The summed E-state index contributed by atoms with van der Waals surface area (Å²) in [5.74, 6) is 1.02. The van der Waals surface area contributed by atoms with E-state index in [-0.39, 0.29) is 17.0 Å². The third kappa shape index (κ3) is 3.11. The van der Waals surface area contributed by atoms with Gasteiger partial charge in [0.25, 0.3) is 5.56 Å². The van der Waals surface area contributed by atoms with Crippen LogP contribution >= 0.6 is 0 Å². The van der Waals surface area contributed by atoms with Crippen LogP contribution in [0.3, 0.4) is 0 Å². The molecule has 0 spiro atoms. The molecule has 25 heavy (non-hydrogen) atoms.